The van der Waals surface area contributed by atoms with E-state index >= 15 is 0 Å². The summed E-state index contributed by atoms with van der Waals surface area (Å²) in [6.45, 7) is 6.34. The maximum Gasteiger partial charge on any atom is 1.00 e. The number of rotatable bonds is 14. The van der Waals surface area contributed by atoms with E-state index < -0.39 is 31.7 Å². The van der Waals surface area contributed by atoms with Crippen LogP contribution in [0.2, 0.25) is 20.1 Å². The molecule has 2 aromatic rings. The molecule has 0 aromatic heterocycles. The molecule has 17 heteroatoms. The van der Waals surface area contributed by atoms with Crippen molar-refractivity contribution in [1.82, 2.24) is 0 Å². The van der Waals surface area contributed by atoms with E-state index in [1.54, 1.807) is 12.1 Å². The quantitative estimate of drug-likeness (QED) is 0.175. The van der Waals surface area contributed by atoms with Gasteiger partial charge in [-0.3, -0.25) is 4.90 Å². The number of likely N-dealkylation sites (N-methyl/N-ethyl adjacent to an activating group) is 1. The van der Waals surface area contributed by atoms with Crippen molar-refractivity contribution < 1.29 is 61.8 Å². The third kappa shape index (κ3) is 9.70. The van der Waals surface area contributed by atoms with Crippen molar-refractivity contribution >= 4 is 89.4 Å². The van der Waals surface area contributed by atoms with Crippen molar-refractivity contribution in [1.29, 1.82) is 0 Å². The Balaban J connectivity index is 0.00000384. The molecule has 2 aliphatic rings. The molecule has 0 amide bonds. The molecule has 2 heterocycles. The number of allylic oxidation sites excluding steroid dienone is 2. The summed E-state index contributed by atoms with van der Waals surface area (Å²) in [5.74, 6) is -0.0307. The number of nitrogens with zero attached hydrogens (tertiary/aromatic N) is 3. The Labute approximate surface area is 315 Å². The Kier molecular flexibility index (Phi) is 14.5. The van der Waals surface area contributed by atoms with Gasteiger partial charge >= 0.3 is 31.0 Å². The van der Waals surface area contributed by atoms with Crippen molar-refractivity contribution in [3.8, 4) is 0 Å². The molecule has 10 nitrogen and oxygen atoms in total. The maximum atomic E-state index is 11.2. The molecule has 2 aliphatic heterocycles. The number of halogens is 4. The molecule has 0 bridgehead atoms. The molecular weight excluding hydrogens is 729 g/mol. The normalized spacial score (nSPS) is 18.9. The van der Waals surface area contributed by atoms with Gasteiger partial charge in [-0.2, -0.15) is 0 Å². The summed E-state index contributed by atoms with van der Waals surface area (Å²) < 4.78 is 67.0. The number of anilines is 3. The van der Waals surface area contributed by atoms with Crippen LogP contribution in [0.5, 0.6) is 0 Å². The molecule has 2 unspecified atom stereocenters. The fourth-order valence-electron chi connectivity index (χ4n) is 5.86. The summed E-state index contributed by atoms with van der Waals surface area (Å²) in [5.41, 5.74) is 3.53. The molecule has 248 valence electrons. The summed E-state index contributed by atoms with van der Waals surface area (Å²) >= 11 is 25.6. The first-order valence-electron chi connectivity index (χ1n) is 14.6. The van der Waals surface area contributed by atoms with Gasteiger partial charge < -0.3 is 23.8 Å². The van der Waals surface area contributed by atoms with Crippen molar-refractivity contribution in [2.75, 3.05) is 52.4 Å². The van der Waals surface area contributed by atoms with Crippen LogP contribution in [0.15, 0.2) is 48.3 Å². The third-order valence-corrected chi connectivity index (χ3v) is 10.9. The van der Waals surface area contributed by atoms with Crippen molar-refractivity contribution in [3.05, 3.63) is 68.4 Å². The van der Waals surface area contributed by atoms with Gasteiger partial charge in [0.05, 0.1) is 58.2 Å². The Bertz CT molecular complexity index is 1700. The second-order valence-electron chi connectivity index (χ2n) is 10.8. The monoisotopic (exact) mass is 763 g/mol. The molecule has 0 spiro atoms. The van der Waals surface area contributed by atoms with E-state index in [1.165, 1.54) is 0 Å². The summed E-state index contributed by atoms with van der Waals surface area (Å²) in [4.78, 5) is 7.38. The van der Waals surface area contributed by atoms with Gasteiger partial charge in [-0.05, 0) is 69.9 Å². The van der Waals surface area contributed by atoms with Crippen molar-refractivity contribution in [3.63, 3.8) is 0 Å². The minimum Gasteiger partial charge on any atom is -0.748 e. The molecule has 0 saturated heterocycles. The standard InChI is InChI=1S/C29H36Cl4N4O6S2.Na/c1-3-34-24-16-20(30)22(32)18-26(24)36(12-5-7-14-44(38,39)40)28(34)10-9-11-29-35(4-2)25-17-21(31)23(33)19-27(25)37(29)13-6-8-15-45(41,42)43;/h9-11,16-19,28H,3-8,12-15H2,1-2H3,(H,38,39,40)(H,41,42,43);/q;+1. The van der Waals surface area contributed by atoms with Crippen LogP contribution in [0.3, 0.4) is 0 Å². The van der Waals surface area contributed by atoms with Crippen LogP contribution in [-0.2, 0) is 20.2 Å². The first-order chi connectivity index (χ1) is 21.1. The van der Waals surface area contributed by atoms with Gasteiger partial charge in [0.25, 0.3) is 0 Å². The van der Waals surface area contributed by atoms with Crippen molar-refractivity contribution in [2.45, 2.75) is 45.7 Å². The fraction of sp³-hybridized carbons (Fsp3) is 0.448. The largest absolute Gasteiger partial charge is 1.00 e. The Hall–Kier alpha value is -0.740. The van der Waals surface area contributed by atoms with Gasteiger partial charge in [-0.1, -0.05) is 52.5 Å². The Morgan fingerprint density at radius 2 is 1.28 bits per heavy atom. The fourth-order valence-corrected chi connectivity index (χ4v) is 7.61. The van der Waals surface area contributed by atoms with Crippen LogP contribution in [0, 0.1) is 0 Å². The van der Waals surface area contributed by atoms with Gasteiger partial charge in [0.1, 0.15) is 11.5 Å². The molecule has 0 radical (unpaired) electrons. The zero-order valence-electron chi connectivity index (χ0n) is 26.8. The topological polar surface area (TPSA) is 129 Å². The second-order valence-corrected chi connectivity index (χ2v) is 15.5. The Morgan fingerprint density at radius 1 is 0.783 bits per heavy atom. The van der Waals surface area contributed by atoms with Gasteiger partial charge in [0.15, 0.2) is 11.9 Å². The zero-order chi connectivity index (χ0) is 33.1. The van der Waals surface area contributed by atoms with Gasteiger partial charge in [-0.25, -0.2) is 16.8 Å². The van der Waals surface area contributed by atoms with E-state index in [0.717, 1.165) is 40.0 Å². The van der Waals surface area contributed by atoms with Crippen molar-refractivity contribution in [2.24, 2.45) is 0 Å². The summed E-state index contributed by atoms with van der Waals surface area (Å²) in [7, 11) is -8.62. The number of hydrogen-bond donors (Lipinski definition) is 1. The van der Waals surface area contributed by atoms with Crippen LogP contribution in [0.4, 0.5) is 22.7 Å². The zero-order valence-corrected chi connectivity index (χ0v) is 32.5. The summed E-state index contributed by atoms with van der Waals surface area (Å²) in [6, 6.07) is 7.25. The van der Waals surface area contributed by atoms with E-state index in [1.807, 2.05) is 36.1 Å². The van der Waals surface area contributed by atoms with Crippen LogP contribution in [-0.4, -0.2) is 69.8 Å². The van der Waals surface area contributed by atoms with E-state index in [9.17, 15) is 25.9 Å². The predicted octanol–water partition coefficient (Wildman–Crippen LogP) is 2.49. The summed E-state index contributed by atoms with van der Waals surface area (Å²) in [5, 5.41) is 1.64. The van der Waals surface area contributed by atoms with Crippen LogP contribution in [0.1, 0.15) is 41.0 Å². The number of unbranched alkanes of at least 4 members (excludes halogenated alkanes) is 2. The number of fused-ring (bicyclic) bond motifs is 2. The van der Waals surface area contributed by atoms with E-state index in [0.29, 0.717) is 52.6 Å². The minimum absolute atomic E-state index is 0. The molecule has 4 rings (SSSR count). The van der Waals surface area contributed by atoms with Crippen LogP contribution < -0.4 is 49.2 Å². The van der Waals surface area contributed by atoms with E-state index in [-0.39, 0.29) is 50.0 Å². The third-order valence-electron chi connectivity index (χ3n) is 7.84. The van der Waals surface area contributed by atoms with Gasteiger partial charge in [-0.15, -0.1) is 0 Å². The number of quaternary nitrogens is 1. The number of nitrogens with one attached hydrogen (secondary N) is 1. The average Bonchev–Trinajstić information content (AvgIpc) is 3.38. The average molecular weight is 766 g/mol. The number of hydrogen-bond acceptors (Lipinski definition) is 9. The first kappa shape index (κ1) is 39.7. The van der Waals surface area contributed by atoms with Crippen LogP contribution >= 0.6 is 46.4 Å². The first-order valence-corrected chi connectivity index (χ1v) is 19.2. The molecule has 1 N–H and O–H groups in total. The molecule has 0 saturated carbocycles. The van der Waals surface area contributed by atoms with Crippen LogP contribution in [0.25, 0.3) is 0 Å². The molecule has 2 atom stereocenters. The maximum absolute atomic E-state index is 11.2. The Morgan fingerprint density at radius 3 is 1.80 bits per heavy atom. The SMILES string of the molecule is CCN1C(=CC=CC2N(CCCCS(=O)(=O)[O-])c3cc(Cl)c(Cl)cc3[NH+]2CC)N(CCCCS(=O)(=O)[O-])c2cc(Cl)c(Cl)cc21.[H+].[Na+]. The molecule has 2 aromatic carbocycles. The smallest absolute Gasteiger partial charge is 0.748 e. The minimum atomic E-state index is -4.31. The van der Waals surface area contributed by atoms with E-state index in [2.05, 4.69) is 22.8 Å². The molecular formula is C29H36Cl4N4NaO6S2+. The van der Waals surface area contributed by atoms with Gasteiger partial charge in [0, 0.05) is 37.2 Å². The molecule has 46 heavy (non-hydrogen) atoms. The molecule has 0 fully saturated rings. The predicted molar refractivity (Wildman–Crippen MR) is 182 cm³/mol. The molecule has 0 aliphatic carbocycles. The van der Waals surface area contributed by atoms with E-state index in [4.69, 9.17) is 46.4 Å². The summed E-state index contributed by atoms with van der Waals surface area (Å²) in [6.07, 6.45) is 7.18. The number of benzene rings is 2. The van der Waals surface area contributed by atoms with Gasteiger partial charge in [0.2, 0.25) is 0 Å². The second kappa shape index (κ2) is 16.8.